The lowest BCUT2D eigenvalue weighted by molar-refractivity contribution is 0.561. The molecule has 3 aromatic heterocycles. The van der Waals surface area contributed by atoms with Crippen molar-refractivity contribution >= 4 is 34.0 Å². The predicted molar refractivity (Wildman–Crippen MR) is 176 cm³/mol. The van der Waals surface area contributed by atoms with E-state index in [2.05, 4.69) is 87.9 Å². The van der Waals surface area contributed by atoms with Gasteiger partial charge in [-0.3, -0.25) is 0 Å². The normalized spacial score (nSPS) is 13.7. The van der Waals surface area contributed by atoms with Crippen molar-refractivity contribution in [3.63, 3.8) is 0 Å². The molecule has 0 aliphatic rings. The van der Waals surface area contributed by atoms with E-state index in [9.17, 15) is 0 Å². The van der Waals surface area contributed by atoms with Crippen molar-refractivity contribution in [1.29, 1.82) is 0 Å². The van der Waals surface area contributed by atoms with Gasteiger partial charge in [0.05, 0.1) is 0 Å². The maximum atomic E-state index is 2.50. The summed E-state index contributed by atoms with van der Waals surface area (Å²) in [5.74, 6) is 0. The molecule has 0 aliphatic heterocycles. The summed E-state index contributed by atoms with van der Waals surface area (Å²) in [6.07, 6.45) is 20.0. The Labute approximate surface area is 247 Å². The van der Waals surface area contributed by atoms with Gasteiger partial charge in [-0.25, -0.2) is 0 Å². The van der Waals surface area contributed by atoms with E-state index in [-0.39, 0.29) is 10.8 Å². The maximum Gasteiger partial charge on any atom is 0.0362 e. The minimum atomic E-state index is 0.0695. The largest absolute Gasteiger partial charge is 0.148 e. The molecule has 3 heteroatoms. The first-order valence-corrected chi connectivity index (χ1v) is 18.2. The summed E-state index contributed by atoms with van der Waals surface area (Å²) in [6.45, 7) is 14.4. The highest BCUT2D eigenvalue weighted by Crippen LogP contribution is 2.47. The van der Waals surface area contributed by atoms with Crippen LogP contribution in [0.2, 0.25) is 0 Å². The van der Waals surface area contributed by atoms with Gasteiger partial charge < -0.3 is 0 Å². The topological polar surface area (TPSA) is 0 Å². The molecular weight excluding hydrogens is 517 g/mol. The van der Waals surface area contributed by atoms with Gasteiger partial charge in [-0.15, -0.1) is 34.0 Å². The quantitative estimate of drug-likeness (QED) is 0.126. The van der Waals surface area contributed by atoms with E-state index >= 15 is 0 Å². The fraction of sp³-hybridized carbons (Fsp3) is 0.657. The van der Waals surface area contributed by atoms with Crippen molar-refractivity contribution in [2.45, 2.75) is 149 Å². The van der Waals surface area contributed by atoms with E-state index in [1.807, 2.05) is 22.7 Å². The number of hydrogen-bond donors (Lipinski definition) is 0. The first-order chi connectivity index (χ1) is 18.4. The minimum Gasteiger partial charge on any atom is -0.148 e. The molecular formula is C35H54S3. The Kier molecular flexibility index (Phi) is 13.1. The van der Waals surface area contributed by atoms with Crippen LogP contribution in [0.15, 0.2) is 35.0 Å². The molecule has 0 N–H and O–H groups in total. The van der Waals surface area contributed by atoms with Crippen molar-refractivity contribution in [3.05, 3.63) is 65.7 Å². The second-order valence-corrected chi connectivity index (χ2v) is 15.0. The van der Waals surface area contributed by atoms with Crippen LogP contribution < -0.4 is 0 Å². The molecule has 0 radical (unpaired) electrons. The van der Waals surface area contributed by atoms with Crippen LogP contribution in [0.25, 0.3) is 0 Å². The lowest BCUT2D eigenvalue weighted by atomic mass is 9.81. The predicted octanol–water partition coefficient (Wildman–Crippen LogP) is 12.7. The van der Waals surface area contributed by atoms with Gasteiger partial charge in [0.15, 0.2) is 0 Å². The van der Waals surface area contributed by atoms with Crippen molar-refractivity contribution in [2.24, 2.45) is 0 Å². The summed E-state index contributed by atoms with van der Waals surface area (Å²) in [4.78, 5) is 6.26. The number of hydrogen-bond acceptors (Lipinski definition) is 3. The van der Waals surface area contributed by atoms with Crippen LogP contribution >= 0.6 is 34.0 Å². The monoisotopic (exact) mass is 570 g/mol. The van der Waals surface area contributed by atoms with Crippen LogP contribution in [-0.4, -0.2) is 0 Å². The molecule has 0 bridgehead atoms. The SMILES string of the molecule is CCCCCCCCc1ccsc1C(C)(C)c1ccc(C(C)(CC)c2sccc2CCCCCCCC)s1. The van der Waals surface area contributed by atoms with Crippen LogP contribution in [-0.2, 0) is 23.7 Å². The number of unbranched alkanes of at least 4 members (excludes halogenated alkanes) is 10. The van der Waals surface area contributed by atoms with Gasteiger partial charge in [0.25, 0.3) is 0 Å². The van der Waals surface area contributed by atoms with Crippen molar-refractivity contribution < 1.29 is 0 Å². The highest BCUT2D eigenvalue weighted by atomic mass is 32.1. The van der Waals surface area contributed by atoms with Crippen molar-refractivity contribution in [3.8, 4) is 0 Å². The first kappa shape index (κ1) is 31.6. The third-order valence-electron chi connectivity index (χ3n) is 8.63. The number of thiophene rings is 3. The average molecular weight is 571 g/mol. The Morgan fingerprint density at radius 3 is 1.58 bits per heavy atom. The molecule has 0 saturated heterocycles. The molecule has 38 heavy (non-hydrogen) atoms. The maximum absolute atomic E-state index is 2.50. The van der Waals surface area contributed by atoms with E-state index in [1.54, 1.807) is 25.8 Å². The molecule has 0 spiro atoms. The van der Waals surface area contributed by atoms with Gasteiger partial charge in [0.1, 0.15) is 0 Å². The van der Waals surface area contributed by atoms with Crippen LogP contribution in [0.4, 0.5) is 0 Å². The molecule has 212 valence electrons. The molecule has 3 rings (SSSR count). The zero-order valence-electron chi connectivity index (χ0n) is 25.3. The average Bonchev–Trinajstić information content (AvgIpc) is 3.69. The van der Waals surface area contributed by atoms with Crippen molar-refractivity contribution in [2.75, 3.05) is 0 Å². The molecule has 1 unspecified atom stereocenters. The summed E-state index contributed by atoms with van der Waals surface area (Å²) >= 11 is 6.03. The van der Waals surface area contributed by atoms with Gasteiger partial charge in [-0.05, 0) is 85.2 Å². The minimum absolute atomic E-state index is 0.0695. The molecule has 1 atom stereocenters. The highest BCUT2D eigenvalue weighted by Gasteiger charge is 2.35. The van der Waals surface area contributed by atoms with E-state index in [0.29, 0.717) is 0 Å². The van der Waals surface area contributed by atoms with E-state index in [0.717, 1.165) is 6.42 Å². The lowest BCUT2D eigenvalue weighted by Crippen LogP contribution is -2.21. The van der Waals surface area contributed by atoms with Crippen LogP contribution in [0, 0.1) is 0 Å². The smallest absolute Gasteiger partial charge is 0.0362 e. The third kappa shape index (κ3) is 8.07. The fourth-order valence-electron chi connectivity index (χ4n) is 5.82. The third-order valence-corrected chi connectivity index (χ3v) is 12.8. The first-order valence-electron chi connectivity index (χ1n) is 15.6. The molecule has 0 amide bonds. The standard InChI is InChI=1S/C35H54S3/c1-7-10-12-14-16-18-20-28-24-26-36-32(28)34(4,5)30-22-23-31(38-30)35(6,9-3)33-29(25-27-37-33)21-19-17-15-13-11-8-2/h22-27H,7-21H2,1-6H3. The highest BCUT2D eigenvalue weighted by molar-refractivity contribution is 7.14. The Morgan fingerprint density at radius 1 is 0.553 bits per heavy atom. The van der Waals surface area contributed by atoms with E-state index < -0.39 is 0 Å². The summed E-state index contributed by atoms with van der Waals surface area (Å²) in [6, 6.07) is 9.72. The Balaban J connectivity index is 1.71. The van der Waals surface area contributed by atoms with E-state index in [4.69, 9.17) is 0 Å². The van der Waals surface area contributed by atoms with Gasteiger partial charge in [0.2, 0.25) is 0 Å². The number of rotatable bonds is 19. The van der Waals surface area contributed by atoms with Gasteiger partial charge in [0, 0.05) is 30.3 Å². The Morgan fingerprint density at radius 2 is 1.03 bits per heavy atom. The van der Waals surface area contributed by atoms with Crippen molar-refractivity contribution in [1.82, 2.24) is 0 Å². The summed E-state index contributed by atoms with van der Waals surface area (Å²) in [5.41, 5.74) is 3.37. The van der Waals surface area contributed by atoms with Gasteiger partial charge in [-0.2, -0.15) is 0 Å². The zero-order valence-corrected chi connectivity index (χ0v) is 27.7. The van der Waals surface area contributed by atoms with Gasteiger partial charge in [-0.1, -0.05) is 98.8 Å². The summed E-state index contributed by atoms with van der Waals surface area (Å²) in [7, 11) is 0. The van der Waals surface area contributed by atoms with Crippen LogP contribution in [0.5, 0.6) is 0 Å². The molecule has 0 aromatic carbocycles. The van der Waals surface area contributed by atoms with Gasteiger partial charge >= 0.3 is 0 Å². The van der Waals surface area contributed by atoms with E-state index in [1.165, 1.54) is 94.8 Å². The molecule has 3 aromatic rings. The molecule has 0 nitrogen and oxygen atoms in total. The summed E-state index contributed by atoms with van der Waals surface area (Å²) in [5, 5.41) is 4.67. The summed E-state index contributed by atoms with van der Waals surface area (Å²) < 4.78 is 0. The second-order valence-electron chi connectivity index (χ2n) is 12.1. The molecule has 3 heterocycles. The Hall–Kier alpha value is -0.900. The molecule has 0 saturated carbocycles. The Bertz CT molecular complexity index is 1050. The second kappa shape index (κ2) is 15.8. The fourth-order valence-corrected chi connectivity index (χ4v) is 9.58. The lowest BCUT2D eigenvalue weighted by Gasteiger charge is -2.29. The van der Waals surface area contributed by atoms with Crippen LogP contribution in [0.3, 0.4) is 0 Å². The zero-order chi connectivity index (χ0) is 27.4. The molecule has 0 fully saturated rings. The molecule has 0 aliphatic carbocycles. The number of aryl methyl sites for hydroxylation is 2. The van der Waals surface area contributed by atoms with Crippen LogP contribution in [0.1, 0.15) is 156 Å².